The maximum absolute atomic E-state index is 13.2. The molecular formula is C26H21Cl2N3O6S. The van der Waals surface area contributed by atoms with Gasteiger partial charge in [-0.2, -0.15) is 5.26 Å². The molecule has 2 amide bonds. The van der Waals surface area contributed by atoms with E-state index in [1.54, 1.807) is 13.8 Å². The molecule has 196 valence electrons. The molecule has 0 bridgehead atoms. The molecule has 0 unspecified atom stereocenters. The van der Waals surface area contributed by atoms with E-state index in [2.05, 4.69) is 5.32 Å². The first-order valence-electron chi connectivity index (χ1n) is 11.0. The third-order valence-electron chi connectivity index (χ3n) is 5.04. The van der Waals surface area contributed by atoms with Crippen LogP contribution in [0.1, 0.15) is 35.3 Å². The highest BCUT2D eigenvalue weighted by Crippen LogP contribution is 2.27. The Bertz CT molecular complexity index is 1570. The molecule has 12 heteroatoms. The Morgan fingerprint density at radius 1 is 1.00 bits per heavy atom. The normalized spacial score (nSPS) is 10.9. The first-order valence-corrected chi connectivity index (χ1v) is 13.3. The van der Waals surface area contributed by atoms with Crippen molar-refractivity contribution in [2.75, 3.05) is 11.9 Å². The Morgan fingerprint density at radius 2 is 1.71 bits per heavy atom. The van der Waals surface area contributed by atoms with Gasteiger partial charge in [0.25, 0.3) is 15.9 Å². The van der Waals surface area contributed by atoms with E-state index >= 15 is 0 Å². The number of amides is 2. The number of ketones is 1. The van der Waals surface area contributed by atoms with Crippen LogP contribution in [0.5, 0.6) is 5.75 Å². The number of anilines is 1. The van der Waals surface area contributed by atoms with Crippen LogP contribution in [0.3, 0.4) is 0 Å². The number of carbonyl (C=O) groups is 3. The third kappa shape index (κ3) is 7.10. The maximum atomic E-state index is 13.2. The number of halogens is 2. The minimum absolute atomic E-state index is 0.0239. The minimum Gasteiger partial charge on any atom is -0.483 e. The van der Waals surface area contributed by atoms with Gasteiger partial charge in [-0.25, -0.2) is 13.1 Å². The maximum Gasteiger partial charge on any atom is 0.266 e. The van der Waals surface area contributed by atoms with Gasteiger partial charge in [0.1, 0.15) is 10.6 Å². The van der Waals surface area contributed by atoms with Crippen LogP contribution in [0.25, 0.3) is 0 Å². The molecule has 0 saturated carbocycles. The van der Waals surface area contributed by atoms with Crippen LogP contribution < -0.4 is 14.8 Å². The van der Waals surface area contributed by atoms with Crippen molar-refractivity contribution in [2.24, 2.45) is 5.92 Å². The minimum atomic E-state index is -4.26. The summed E-state index contributed by atoms with van der Waals surface area (Å²) in [6.45, 7) is 2.49. The van der Waals surface area contributed by atoms with Gasteiger partial charge in [0.15, 0.2) is 12.4 Å². The number of nitrogens with zero attached hydrogens (tertiary/aromatic N) is 1. The van der Waals surface area contributed by atoms with Gasteiger partial charge in [-0.15, -0.1) is 0 Å². The van der Waals surface area contributed by atoms with Crippen LogP contribution in [0, 0.1) is 17.2 Å². The number of benzene rings is 3. The molecule has 2 N–H and O–H groups in total. The van der Waals surface area contributed by atoms with E-state index in [4.69, 9.17) is 27.9 Å². The van der Waals surface area contributed by atoms with Crippen molar-refractivity contribution in [1.29, 1.82) is 5.26 Å². The van der Waals surface area contributed by atoms with Crippen molar-refractivity contribution in [1.82, 2.24) is 4.72 Å². The quantitative estimate of drug-likeness (QED) is 0.357. The van der Waals surface area contributed by atoms with Gasteiger partial charge in [0.05, 0.1) is 22.9 Å². The molecule has 9 nitrogen and oxygen atoms in total. The fourth-order valence-electron chi connectivity index (χ4n) is 3.19. The van der Waals surface area contributed by atoms with E-state index in [-0.39, 0.29) is 43.1 Å². The van der Waals surface area contributed by atoms with Crippen molar-refractivity contribution in [3.8, 4) is 11.8 Å². The second kappa shape index (κ2) is 12.1. The van der Waals surface area contributed by atoms with Crippen LogP contribution in [0.2, 0.25) is 10.0 Å². The van der Waals surface area contributed by atoms with Gasteiger partial charge in [-0.3, -0.25) is 14.4 Å². The summed E-state index contributed by atoms with van der Waals surface area (Å²) >= 11 is 12.1. The average Bonchev–Trinajstić information content (AvgIpc) is 2.87. The van der Waals surface area contributed by atoms with Crippen molar-refractivity contribution < 1.29 is 27.5 Å². The van der Waals surface area contributed by atoms with Crippen molar-refractivity contribution in [3.05, 3.63) is 87.4 Å². The topological polar surface area (TPSA) is 142 Å². The zero-order chi connectivity index (χ0) is 28.0. The molecule has 3 aromatic rings. The van der Waals surface area contributed by atoms with Crippen LogP contribution in [0.15, 0.2) is 65.6 Å². The summed E-state index contributed by atoms with van der Waals surface area (Å²) in [6.07, 6.45) is 0. The lowest BCUT2D eigenvalue weighted by Gasteiger charge is -2.15. The summed E-state index contributed by atoms with van der Waals surface area (Å²) in [7, 11) is -4.26. The summed E-state index contributed by atoms with van der Waals surface area (Å²) in [4.78, 5) is 37.4. The van der Waals surface area contributed by atoms with E-state index in [9.17, 15) is 28.1 Å². The number of sulfonamides is 1. The van der Waals surface area contributed by atoms with Gasteiger partial charge in [-0.05, 0) is 48.5 Å². The van der Waals surface area contributed by atoms with Crippen LogP contribution in [-0.4, -0.2) is 32.6 Å². The molecule has 3 aromatic carbocycles. The lowest BCUT2D eigenvalue weighted by Crippen LogP contribution is -2.34. The first-order chi connectivity index (χ1) is 17.9. The summed E-state index contributed by atoms with van der Waals surface area (Å²) in [5, 5.41) is 12.0. The number of nitriles is 1. The highest BCUT2D eigenvalue weighted by Gasteiger charge is 2.24. The molecule has 38 heavy (non-hydrogen) atoms. The molecule has 0 aliphatic carbocycles. The molecule has 0 spiro atoms. The van der Waals surface area contributed by atoms with E-state index in [0.717, 1.165) is 0 Å². The third-order valence-corrected chi connectivity index (χ3v) is 6.90. The Kier molecular flexibility index (Phi) is 9.12. The van der Waals surface area contributed by atoms with Gasteiger partial charge >= 0.3 is 0 Å². The zero-order valence-electron chi connectivity index (χ0n) is 20.1. The number of hydrogen-bond acceptors (Lipinski definition) is 7. The fourth-order valence-corrected chi connectivity index (χ4v) is 4.87. The summed E-state index contributed by atoms with van der Waals surface area (Å²) < 4.78 is 32.9. The summed E-state index contributed by atoms with van der Waals surface area (Å²) in [6, 6.07) is 15.8. The smallest absolute Gasteiger partial charge is 0.266 e. The van der Waals surface area contributed by atoms with Crippen molar-refractivity contribution in [2.45, 2.75) is 18.7 Å². The van der Waals surface area contributed by atoms with Crippen LogP contribution >= 0.6 is 23.2 Å². The van der Waals surface area contributed by atoms with Crippen LogP contribution in [-0.2, 0) is 19.6 Å². The fraction of sp³-hybridized carbons (Fsp3) is 0.154. The monoisotopic (exact) mass is 573 g/mol. The van der Waals surface area contributed by atoms with Gasteiger partial charge in [0, 0.05) is 21.5 Å². The number of hydrogen-bond donors (Lipinski definition) is 2. The SMILES string of the molecule is CC(C)C(=O)NS(=O)(=O)c1ccccc1NC(=O)COc1ccc(Cl)cc1C(=O)c1cc(Cl)cc(C#N)c1. The van der Waals surface area contributed by atoms with E-state index in [0.29, 0.717) is 0 Å². The molecule has 0 radical (unpaired) electrons. The molecule has 0 aliphatic rings. The van der Waals surface area contributed by atoms with E-state index in [1.165, 1.54) is 60.7 Å². The summed E-state index contributed by atoms with van der Waals surface area (Å²) in [5.41, 5.74) is 0.257. The van der Waals surface area contributed by atoms with Crippen molar-refractivity contribution >= 4 is 56.5 Å². The lowest BCUT2D eigenvalue weighted by molar-refractivity contribution is -0.122. The van der Waals surface area contributed by atoms with E-state index in [1.807, 2.05) is 10.8 Å². The molecule has 0 heterocycles. The highest BCUT2D eigenvalue weighted by atomic mass is 35.5. The number of carbonyl (C=O) groups excluding carboxylic acids is 3. The molecule has 0 saturated heterocycles. The standard InChI is InChI=1S/C26H21Cl2N3O6S/c1-15(2)26(34)31-38(35,36)23-6-4-3-5-21(23)30-24(32)14-37-22-8-7-18(27)12-20(22)25(33)17-9-16(13-29)10-19(28)11-17/h3-12,15H,14H2,1-2H3,(H,30,32)(H,31,34). The Morgan fingerprint density at radius 3 is 2.39 bits per heavy atom. The molecule has 3 rings (SSSR count). The molecular weight excluding hydrogens is 553 g/mol. The number of rotatable bonds is 9. The van der Waals surface area contributed by atoms with Gasteiger partial charge in [0.2, 0.25) is 5.91 Å². The van der Waals surface area contributed by atoms with Gasteiger partial charge in [-0.1, -0.05) is 49.2 Å². The second-order valence-corrected chi connectivity index (χ2v) is 10.8. The Labute approximate surface area is 229 Å². The first kappa shape index (κ1) is 28.7. The molecule has 0 aliphatic heterocycles. The highest BCUT2D eigenvalue weighted by molar-refractivity contribution is 7.90. The zero-order valence-corrected chi connectivity index (χ0v) is 22.4. The average molecular weight is 574 g/mol. The predicted octanol–water partition coefficient (Wildman–Crippen LogP) is 4.57. The number of para-hydroxylation sites is 1. The largest absolute Gasteiger partial charge is 0.483 e. The summed E-state index contributed by atoms with van der Waals surface area (Å²) in [5.74, 6) is -2.52. The second-order valence-electron chi connectivity index (χ2n) is 8.27. The molecule has 0 fully saturated rings. The van der Waals surface area contributed by atoms with Crippen molar-refractivity contribution in [3.63, 3.8) is 0 Å². The Hall–Kier alpha value is -3.91. The van der Waals surface area contributed by atoms with E-state index < -0.39 is 40.1 Å². The Balaban J connectivity index is 1.80. The molecule has 0 atom stereocenters. The van der Waals surface area contributed by atoms with Gasteiger partial charge < -0.3 is 10.1 Å². The number of nitrogens with one attached hydrogen (secondary N) is 2. The molecule has 0 aromatic heterocycles. The lowest BCUT2D eigenvalue weighted by atomic mass is 10.0. The number of ether oxygens (including phenoxy) is 1. The van der Waals surface area contributed by atoms with Crippen LogP contribution in [0.4, 0.5) is 5.69 Å². The predicted molar refractivity (Wildman–Crippen MR) is 142 cm³/mol.